The Hall–Kier alpha value is -6.13. The Bertz CT molecular complexity index is 2150. The van der Waals surface area contributed by atoms with Gasteiger partial charge in [-0.15, -0.1) is 0 Å². The fraction of sp³-hybridized carbons (Fsp3) is 0.320. The van der Waals surface area contributed by atoms with E-state index >= 15 is 0 Å². The van der Waals surface area contributed by atoms with Gasteiger partial charge in [0.1, 0.15) is 28.7 Å². The van der Waals surface area contributed by atoms with Crippen molar-refractivity contribution < 1.29 is 47.6 Å². The molecular weight excluding hydrogens is 796 g/mol. The maximum atomic E-state index is 13.0. The highest BCUT2D eigenvalue weighted by Crippen LogP contribution is 2.28. The van der Waals surface area contributed by atoms with Crippen LogP contribution in [0.2, 0.25) is 5.02 Å². The van der Waals surface area contributed by atoms with Crippen molar-refractivity contribution in [2.75, 3.05) is 13.2 Å². The van der Waals surface area contributed by atoms with Crippen LogP contribution in [0.15, 0.2) is 115 Å². The molecule has 0 atom stereocenters. The molecule has 5 rings (SSSR count). The first-order valence-corrected chi connectivity index (χ1v) is 21.4. The molecule has 0 saturated carbocycles. The van der Waals surface area contributed by atoms with Crippen LogP contribution in [0.25, 0.3) is 0 Å². The van der Waals surface area contributed by atoms with E-state index in [1.165, 1.54) is 118 Å². The van der Waals surface area contributed by atoms with Crippen molar-refractivity contribution in [1.82, 2.24) is 0 Å². The van der Waals surface area contributed by atoms with Crippen molar-refractivity contribution in [1.29, 1.82) is 0 Å². The topological polar surface area (TPSA) is 124 Å². The number of rotatable bonds is 24. The van der Waals surface area contributed by atoms with E-state index in [0.29, 0.717) is 36.0 Å². The Labute approximate surface area is 363 Å². The quantitative estimate of drug-likeness (QED) is 0.0337. The Morgan fingerprint density at radius 1 is 0.377 bits per heavy atom. The van der Waals surface area contributed by atoms with Gasteiger partial charge >= 0.3 is 23.9 Å². The molecule has 0 fully saturated rings. The molecule has 11 heteroatoms. The van der Waals surface area contributed by atoms with Crippen LogP contribution in [0.4, 0.5) is 0 Å². The van der Waals surface area contributed by atoms with Crippen LogP contribution in [-0.4, -0.2) is 37.1 Å². The van der Waals surface area contributed by atoms with E-state index in [9.17, 15) is 19.2 Å². The van der Waals surface area contributed by atoms with Gasteiger partial charge in [0.15, 0.2) is 5.75 Å². The third kappa shape index (κ3) is 15.4. The van der Waals surface area contributed by atoms with Gasteiger partial charge in [0.2, 0.25) is 0 Å². The van der Waals surface area contributed by atoms with E-state index in [-0.39, 0.29) is 39.0 Å². The van der Waals surface area contributed by atoms with Crippen LogP contribution in [-0.2, 0) is 0 Å². The van der Waals surface area contributed by atoms with E-state index in [0.717, 1.165) is 25.7 Å². The second-order valence-corrected chi connectivity index (χ2v) is 14.9. The van der Waals surface area contributed by atoms with E-state index in [1.54, 1.807) is 48.5 Å². The van der Waals surface area contributed by atoms with Crippen LogP contribution in [0.3, 0.4) is 0 Å². The largest absolute Gasteiger partial charge is 0.494 e. The van der Waals surface area contributed by atoms with Crippen molar-refractivity contribution >= 4 is 35.5 Å². The normalized spacial score (nSPS) is 10.7. The number of benzene rings is 5. The highest BCUT2D eigenvalue weighted by molar-refractivity contribution is 6.32. The molecule has 0 radical (unpaired) electrons. The van der Waals surface area contributed by atoms with Gasteiger partial charge < -0.3 is 28.4 Å². The SMILES string of the molecule is CCCCCCCCOc1ccc(OC(=O)c2ccc(OC(=O)c3ccc(Cl)c(OC(=O)c4ccc(OC(=O)c5ccc(OCCCCCCCC)cc5)cc4)c3)cc2)cc1. The molecule has 0 N–H and O–H groups in total. The molecule has 0 saturated heterocycles. The minimum absolute atomic E-state index is 0.0634. The molecule has 61 heavy (non-hydrogen) atoms. The molecule has 0 spiro atoms. The van der Waals surface area contributed by atoms with Gasteiger partial charge in [-0.3, -0.25) is 0 Å². The van der Waals surface area contributed by atoms with Gasteiger partial charge in [-0.05, 0) is 128 Å². The molecule has 5 aromatic carbocycles. The lowest BCUT2D eigenvalue weighted by Crippen LogP contribution is -2.12. The number of hydrogen-bond acceptors (Lipinski definition) is 10. The minimum atomic E-state index is -0.753. The molecule has 0 aliphatic rings. The predicted octanol–water partition coefficient (Wildman–Crippen LogP) is 12.7. The Kier molecular flexibility index (Phi) is 18.7. The van der Waals surface area contributed by atoms with E-state index in [1.807, 2.05) is 0 Å². The highest BCUT2D eigenvalue weighted by Gasteiger charge is 2.18. The Morgan fingerprint density at radius 3 is 1.11 bits per heavy atom. The fourth-order valence-corrected chi connectivity index (χ4v) is 6.28. The second kappa shape index (κ2) is 24.8. The maximum absolute atomic E-state index is 13.0. The fourth-order valence-electron chi connectivity index (χ4n) is 6.12. The first-order valence-electron chi connectivity index (χ1n) is 21.1. The third-order valence-corrected chi connectivity index (χ3v) is 9.94. The zero-order valence-corrected chi connectivity index (χ0v) is 35.6. The van der Waals surface area contributed by atoms with E-state index in [4.69, 9.17) is 40.0 Å². The highest BCUT2D eigenvalue weighted by atomic mass is 35.5. The number of carbonyl (C=O) groups excluding carboxylic acids is 4. The average Bonchev–Trinajstić information content (AvgIpc) is 3.27. The first-order chi connectivity index (χ1) is 29.7. The Balaban J connectivity index is 1.06. The molecule has 0 bridgehead atoms. The van der Waals surface area contributed by atoms with Gasteiger partial charge in [0.05, 0.1) is 40.5 Å². The van der Waals surface area contributed by atoms with Gasteiger partial charge in [0, 0.05) is 0 Å². The summed E-state index contributed by atoms with van der Waals surface area (Å²) in [5.41, 5.74) is 0.820. The van der Waals surface area contributed by atoms with Crippen LogP contribution < -0.4 is 28.4 Å². The van der Waals surface area contributed by atoms with Crippen LogP contribution in [0.5, 0.6) is 34.5 Å². The summed E-state index contributed by atoms with van der Waals surface area (Å²) in [5.74, 6) is -0.541. The van der Waals surface area contributed by atoms with E-state index < -0.39 is 23.9 Å². The van der Waals surface area contributed by atoms with Crippen LogP contribution in [0, 0.1) is 0 Å². The van der Waals surface area contributed by atoms with Crippen molar-refractivity contribution in [3.05, 3.63) is 143 Å². The molecule has 0 aromatic heterocycles. The predicted molar refractivity (Wildman–Crippen MR) is 235 cm³/mol. The number of hydrogen-bond donors (Lipinski definition) is 0. The molecular formula is C50H53ClO10. The van der Waals surface area contributed by atoms with Crippen molar-refractivity contribution in [2.24, 2.45) is 0 Å². The summed E-state index contributed by atoms with van der Waals surface area (Å²) in [4.78, 5) is 51.6. The molecule has 0 aliphatic heterocycles. The smallest absolute Gasteiger partial charge is 0.343 e. The van der Waals surface area contributed by atoms with Crippen LogP contribution in [0.1, 0.15) is 132 Å². The summed E-state index contributed by atoms with van der Waals surface area (Å²) in [6.45, 7) is 5.66. The zero-order chi connectivity index (χ0) is 43.2. The number of ether oxygens (including phenoxy) is 6. The van der Waals surface area contributed by atoms with Gasteiger partial charge in [0.25, 0.3) is 0 Å². The van der Waals surface area contributed by atoms with Gasteiger partial charge in [-0.25, -0.2) is 19.2 Å². The first kappa shape index (κ1) is 45.9. The third-order valence-electron chi connectivity index (χ3n) is 9.63. The summed E-state index contributed by atoms with van der Waals surface area (Å²) < 4.78 is 33.6. The molecule has 10 nitrogen and oxygen atoms in total. The van der Waals surface area contributed by atoms with Gasteiger partial charge in [-0.2, -0.15) is 0 Å². The second-order valence-electron chi connectivity index (χ2n) is 14.5. The number of esters is 4. The number of halogens is 1. The molecule has 0 unspecified atom stereocenters. The maximum Gasteiger partial charge on any atom is 0.343 e. The summed E-state index contributed by atoms with van der Waals surface area (Å²) in [6, 6.07) is 29.5. The summed E-state index contributed by atoms with van der Waals surface area (Å²) >= 11 is 6.31. The lowest BCUT2D eigenvalue weighted by molar-refractivity contribution is 0.0712. The lowest BCUT2D eigenvalue weighted by atomic mass is 10.1. The standard InChI is InChI=1S/C50H53ClO10/c1-3-5-7-9-11-13-33-56-40-22-15-36(16-23-40)47(52)58-42-26-19-38(20-27-42)49(54)61-46-35-39(21-32-45(46)51)50(55)60-43-24-17-37(18-25-43)48(53)59-44-30-28-41(29-31-44)57-34-14-12-10-8-6-4-2/h15-32,35H,3-14,33-34H2,1-2H3. The molecule has 5 aromatic rings. The monoisotopic (exact) mass is 848 g/mol. The molecule has 0 heterocycles. The lowest BCUT2D eigenvalue weighted by Gasteiger charge is -2.10. The summed E-state index contributed by atoms with van der Waals surface area (Å²) in [5, 5.41) is 0.0903. The van der Waals surface area contributed by atoms with Crippen molar-refractivity contribution in [3.8, 4) is 34.5 Å². The molecule has 0 amide bonds. The zero-order valence-electron chi connectivity index (χ0n) is 34.8. The van der Waals surface area contributed by atoms with E-state index in [2.05, 4.69) is 13.8 Å². The van der Waals surface area contributed by atoms with Gasteiger partial charge in [-0.1, -0.05) is 89.7 Å². The van der Waals surface area contributed by atoms with Crippen molar-refractivity contribution in [3.63, 3.8) is 0 Å². The van der Waals surface area contributed by atoms with Crippen LogP contribution >= 0.6 is 11.6 Å². The van der Waals surface area contributed by atoms with Crippen molar-refractivity contribution in [2.45, 2.75) is 90.9 Å². The Morgan fingerprint density at radius 2 is 0.689 bits per heavy atom. The summed E-state index contributed by atoms with van der Waals surface area (Å²) in [6.07, 6.45) is 14.1. The average molecular weight is 849 g/mol. The minimum Gasteiger partial charge on any atom is -0.494 e. The number of unbranched alkanes of at least 4 members (excludes halogenated alkanes) is 10. The number of carbonyl (C=O) groups is 4. The summed E-state index contributed by atoms with van der Waals surface area (Å²) in [7, 11) is 0. The molecule has 0 aliphatic carbocycles. The molecule has 320 valence electrons.